The molecule has 0 aliphatic heterocycles. The SMILES string of the molecule is CNC(CSc1nc(C)c(C)c(C)n1)C1CCCCC1. The van der Waals surface area contributed by atoms with E-state index in [1.54, 1.807) is 11.8 Å². The van der Waals surface area contributed by atoms with Crippen LogP contribution in [0.1, 0.15) is 49.1 Å². The van der Waals surface area contributed by atoms with Crippen molar-refractivity contribution in [3.8, 4) is 0 Å². The van der Waals surface area contributed by atoms with E-state index < -0.39 is 0 Å². The zero-order valence-electron chi connectivity index (χ0n) is 13.2. The lowest BCUT2D eigenvalue weighted by Crippen LogP contribution is -2.37. The third-order valence-corrected chi connectivity index (χ3v) is 5.56. The summed E-state index contributed by atoms with van der Waals surface area (Å²) < 4.78 is 0. The molecule has 0 aromatic carbocycles. The second kappa shape index (κ2) is 7.41. The molecule has 1 aromatic heterocycles. The molecular formula is C16H27N3S. The number of nitrogens with zero attached hydrogens (tertiary/aromatic N) is 2. The van der Waals surface area contributed by atoms with Crippen molar-refractivity contribution >= 4 is 11.8 Å². The second-order valence-corrected chi connectivity index (χ2v) is 6.89. The lowest BCUT2D eigenvalue weighted by molar-refractivity contribution is 0.294. The van der Waals surface area contributed by atoms with Gasteiger partial charge in [-0.05, 0) is 52.1 Å². The molecule has 1 N–H and O–H groups in total. The molecule has 0 spiro atoms. The molecule has 3 nitrogen and oxygen atoms in total. The number of nitrogens with one attached hydrogen (secondary N) is 1. The van der Waals surface area contributed by atoms with E-state index in [0.717, 1.165) is 28.2 Å². The van der Waals surface area contributed by atoms with Crippen molar-refractivity contribution in [1.82, 2.24) is 15.3 Å². The van der Waals surface area contributed by atoms with Crippen molar-refractivity contribution in [3.05, 3.63) is 17.0 Å². The van der Waals surface area contributed by atoms with Crippen molar-refractivity contribution < 1.29 is 0 Å². The molecule has 1 atom stereocenters. The Balaban J connectivity index is 1.95. The van der Waals surface area contributed by atoms with Crippen molar-refractivity contribution in [3.63, 3.8) is 0 Å². The third kappa shape index (κ3) is 3.95. The first-order valence-electron chi connectivity index (χ1n) is 7.73. The second-order valence-electron chi connectivity index (χ2n) is 5.91. The van der Waals surface area contributed by atoms with Crippen molar-refractivity contribution in [1.29, 1.82) is 0 Å². The molecule has 1 heterocycles. The maximum atomic E-state index is 4.61. The molecule has 1 aliphatic carbocycles. The molecule has 1 saturated carbocycles. The average molecular weight is 293 g/mol. The first-order valence-corrected chi connectivity index (χ1v) is 8.72. The highest BCUT2D eigenvalue weighted by atomic mass is 32.2. The molecule has 0 amide bonds. The Bertz CT molecular complexity index is 418. The van der Waals surface area contributed by atoms with Crippen LogP contribution in [0, 0.1) is 26.7 Å². The van der Waals surface area contributed by atoms with Gasteiger partial charge in [-0.3, -0.25) is 0 Å². The van der Waals surface area contributed by atoms with Crippen LogP contribution in [0.15, 0.2) is 5.16 Å². The van der Waals surface area contributed by atoms with Crippen LogP contribution in [-0.4, -0.2) is 28.8 Å². The zero-order chi connectivity index (χ0) is 14.5. The molecule has 20 heavy (non-hydrogen) atoms. The summed E-state index contributed by atoms with van der Waals surface area (Å²) in [5.74, 6) is 1.90. The first kappa shape index (κ1) is 15.8. The van der Waals surface area contributed by atoms with Gasteiger partial charge in [0.25, 0.3) is 0 Å². The van der Waals surface area contributed by atoms with Crippen LogP contribution in [0.2, 0.25) is 0 Å². The fourth-order valence-corrected chi connectivity index (χ4v) is 4.13. The standard InChI is InChI=1S/C16H27N3S/c1-11-12(2)18-16(19-13(11)3)20-10-15(17-4)14-8-6-5-7-9-14/h14-15,17H,5-10H2,1-4H3. The van der Waals surface area contributed by atoms with Crippen molar-refractivity contribution in [2.45, 2.75) is 64.1 Å². The minimum absolute atomic E-state index is 0.589. The number of aryl methyl sites for hydroxylation is 2. The Kier molecular flexibility index (Phi) is 5.85. The van der Waals surface area contributed by atoms with Gasteiger partial charge in [-0.2, -0.15) is 0 Å². The maximum Gasteiger partial charge on any atom is 0.188 e. The topological polar surface area (TPSA) is 37.8 Å². The van der Waals surface area contributed by atoms with Gasteiger partial charge in [0.05, 0.1) is 0 Å². The molecule has 0 saturated heterocycles. The van der Waals surface area contributed by atoms with E-state index in [1.807, 2.05) is 0 Å². The maximum absolute atomic E-state index is 4.61. The molecule has 4 heteroatoms. The molecule has 0 radical (unpaired) electrons. The number of hydrogen-bond donors (Lipinski definition) is 1. The monoisotopic (exact) mass is 293 g/mol. The summed E-state index contributed by atoms with van der Waals surface area (Å²) in [7, 11) is 2.09. The zero-order valence-corrected chi connectivity index (χ0v) is 14.0. The average Bonchev–Trinajstić information content (AvgIpc) is 2.46. The van der Waals surface area contributed by atoms with Gasteiger partial charge >= 0.3 is 0 Å². The van der Waals surface area contributed by atoms with Crippen molar-refractivity contribution in [2.75, 3.05) is 12.8 Å². The predicted octanol–water partition coefficient (Wildman–Crippen LogP) is 3.66. The van der Waals surface area contributed by atoms with E-state index in [-0.39, 0.29) is 0 Å². The van der Waals surface area contributed by atoms with Gasteiger partial charge < -0.3 is 5.32 Å². The summed E-state index contributed by atoms with van der Waals surface area (Å²) in [4.78, 5) is 9.22. The van der Waals surface area contributed by atoms with Crippen LogP contribution in [-0.2, 0) is 0 Å². The third-order valence-electron chi connectivity index (χ3n) is 4.59. The van der Waals surface area contributed by atoms with Gasteiger partial charge in [-0.25, -0.2) is 9.97 Å². The molecule has 1 fully saturated rings. The summed E-state index contributed by atoms with van der Waals surface area (Å²) in [6, 6.07) is 0.589. The van der Waals surface area contributed by atoms with E-state index in [2.05, 4.69) is 43.1 Å². The van der Waals surface area contributed by atoms with Gasteiger partial charge in [0.2, 0.25) is 0 Å². The largest absolute Gasteiger partial charge is 0.316 e. The molecule has 112 valence electrons. The van der Waals surface area contributed by atoms with E-state index >= 15 is 0 Å². The smallest absolute Gasteiger partial charge is 0.188 e. The fraction of sp³-hybridized carbons (Fsp3) is 0.750. The highest BCUT2D eigenvalue weighted by molar-refractivity contribution is 7.99. The molecule has 1 aliphatic rings. The van der Waals surface area contributed by atoms with Gasteiger partial charge in [0.1, 0.15) is 0 Å². The number of thioether (sulfide) groups is 1. The summed E-state index contributed by atoms with van der Waals surface area (Å²) in [6.07, 6.45) is 6.96. The van der Waals surface area contributed by atoms with E-state index in [9.17, 15) is 0 Å². The summed E-state index contributed by atoms with van der Waals surface area (Å²) in [6.45, 7) is 6.24. The molecular weight excluding hydrogens is 266 g/mol. The van der Waals surface area contributed by atoms with E-state index in [4.69, 9.17) is 0 Å². The number of aromatic nitrogens is 2. The number of rotatable bonds is 5. The summed E-state index contributed by atoms with van der Waals surface area (Å²) >= 11 is 1.80. The van der Waals surface area contributed by atoms with Crippen LogP contribution in [0.3, 0.4) is 0 Å². The van der Waals surface area contributed by atoms with Gasteiger partial charge in [-0.15, -0.1) is 0 Å². The molecule has 1 unspecified atom stereocenters. The predicted molar refractivity (Wildman–Crippen MR) is 86.4 cm³/mol. The minimum atomic E-state index is 0.589. The van der Waals surface area contributed by atoms with Crippen LogP contribution in [0.5, 0.6) is 0 Å². The van der Waals surface area contributed by atoms with E-state index in [0.29, 0.717) is 6.04 Å². The van der Waals surface area contributed by atoms with Gasteiger partial charge in [0, 0.05) is 23.2 Å². The van der Waals surface area contributed by atoms with Crippen LogP contribution >= 0.6 is 11.8 Å². The molecule has 1 aromatic rings. The summed E-state index contributed by atoms with van der Waals surface area (Å²) in [5, 5.41) is 4.44. The van der Waals surface area contributed by atoms with Crippen LogP contribution in [0.25, 0.3) is 0 Å². The van der Waals surface area contributed by atoms with Crippen LogP contribution in [0.4, 0.5) is 0 Å². The highest BCUT2D eigenvalue weighted by Crippen LogP contribution is 2.29. The van der Waals surface area contributed by atoms with Crippen molar-refractivity contribution in [2.24, 2.45) is 5.92 Å². The summed E-state index contributed by atoms with van der Waals surface area (Å²) in [5.41, 5.74) is 3.43. The normalized spacial score (nSPS) is 18.2. The fourth-order valence-electron chi connectivity index (χ4n) is 2.96. The molecule has 2 rings (SSSR count). The Hall–Kier alpha value is -0.610. The van der Waals surface area contributed by atoms with E-state index in [1.165, 1.54) is 37.7 Å². The Morgan fingerprint density at radius 3 is 2.25 bits per heavy atom. The Labute approximate surface area is 127 Å². The Morgan fingerprint density at radius 1 is 1.10 bits per heavy atom. The highest BCUT2D eigenvalue weighted by Gasteiger charge is 2.22. The minimum Gasteiger partial charge on any atom is -0.316 e. The molecule has 0 bridgehead atoms. The van der Waals surface area contributed by atoms with Crippen LogP contribution < -0.4 is 5.32 Å². The lowest BCUT2D eigenvalue weighted by atomic mass is 9.84. The Morgan fingerprint density at radius 2 is 1.70 bits per heavy atom. The quantitative estimate of drug-likeness (QED) is 0.664. The number of hydrogen-bond acceptors (Lipinski definition) is 4. The van der Waals surface area contributed by atoms with Gasteiger partial charge in [-0.1, -0.05) is 31.0 Å². The van der Waals surface area contributed by atoms with Gasteiger partial charge in [0.15, 0.2) is 5.16 Å². The lowest BCUT2D eigenvalue weighted by Gasteiger charge is -2.29. The first-order chi connectivity index (χ1) is 9.61.